The number of nitrogens with one attached hydrogen (secondary N) is 1. The molecule has 3 rings (SSSR count). The largest absolute Gasteiger partial charge is 0.496 e. The quantitative estimate of drug-likeness (QED) is 0.347. The maximum absolute atomic E-state index is 12.3. The smallest absolute Gasteiger partial charge is 0.271 e. The number of rotatable bonds is 5. The molecular weight excluding hydrogens is 455 g/mol. The number of benzene rings is 1. The Morgan fingerprint density at radius 1 is 1.26 bits per heavy atom. The fraction of sp³-hybridized carbons (Fsp3) is 0.150. The summed E-state index contributed by atoms with van der Waals surface area (Å²) in [5.41, 5.74) is 6.01. The van der Waals surface area contributed by atoms with Crippen molar-refractivity contribution in [3.05, 3.63) is 74.7 Å². The van der Waals surface area contributed by atoms with Gasteiger partial charge in [0, 0.05) is 28.7 Å². The van der Waals surface area contributed by atoms with Crippen molar-refractivity contribution in [2.75, 3.05) is 7.11 Å². The summed E-state index contributed by atoms with van der Waals surface area (Å²) in [7, 11) is 1.58. The van der Waals surface area contributed by atoms with E-state index in [1.807, 2.05) is 48.7 Å². The number of ether oxygens (including phenoxy) is 1. The molecule has 0 saturated heterocycles. The summed E-state index contributed by atoms with van der Waals surface area (Å²) in [6.45, 7) is 4.00. The van der Waals surface area contributed by atoms with Crippen LogP contribution in [0.4, 0.5) is 0 Å². The van der Waals surface area contributed by atoms with Crippen LogP contribution in [0.1, 0.15) is 27.3 Å². The molecule has 2 aromatic heterocycles. The molecule has 0 unspecified atom stereocenters. The minimum absolute atomic E-state index is 0.292. The number of pyridine rings is 1. The molecule has 0 radical (unpaired) electrons. The highest BCUT2D eigenvalue weighted by Crippen LogP contribution is 2.22. The molecule has 3 aromatic rings. The van der Waals surface area contributed by atoms with Gasteiger partial charge < -0.3 is 9.30 Å². The molecule has 2 heterocycles. The second kappa shape index (κ2) is 8.34. The van der Waals surface area contributed by atoms with Gasteiger partial charge in [-0.25, -0.2) is 10.4 Å². The van der Waals surface area contributed by atoms with E-state index in [0.29, 0.717) is 11.3 Å². The molecule has 1 N–H and O–H groups in total. The van der Waals surface area contributed by atoms with Gasteiger partial charge in [0.25, 0.3) is 5.91 Å². The van der Waals surface area contributed by atoms with Crippen molar-refractivity contribution < 1.29 is 9.53 Å². The average Bonchev–Trinajstić information content (AvgIpc) is 2.96. The number of carbonyl (C=O) groups excluding carboxylic acids is 1. The fourth-order valence-corrected chi connectivity index (χ4v) is 3.34. The molecule has 1 aromatic carbocycles. The molecule has 0 saturated carbocycles. The number of amides is 1. The van der Waals surface area contributed by atoms with E-state index in [1.165, 1.54) is 0 Å². The van der Waals surface area contributed by atoms with Gasteiger partial charge >= 0.3 is 0 Å². The summed E-state index contributed by atoms with van der Waals surface area (Å²) in [5.74, 6) is 1.22. The van der Waals surface area contributed by atoms with Gasteiger partial charge in [-0.1, -0.05) is 6.07 Å². The zero-order chi connectivity index (χ0) is 19.4. The molecule has 138 valence electrons. The van der Waals surface area contributed by atoms with Crippen LogP contribution in [-0.4, -0.2) is 28.8 Å². The summed E-state index contributed by atoms with van der Waals surface area (Å²) >= 11 is 2.16. The van der Waals surface area contributed by atoms with Crippen molar-refractivity contribution in [1.82, 2.24) is 15.0 Å². The monoisotopic (exact) mass is 474 g/mol. The van der Waals surface area contributed by atoms with Crippen LogP contribution in [0.3, 0.4) is 0 Å². The van der Waals surface area contributed by atoms with Crippen molar-refractivity contribution in [3.63, 3.8) is 0 Å². The number of hydrogen-bond acceptors (Lipinski definition) is 4. The van der Waals surface area contributed by atoms with Gasteiger partial charge in [0.05, 0.1) is 16.9 Å². The molecule has 0 atom stereocenters. The Balaban J connectivity index is 1.76. The second-order valence-corrected chi connectivity index (χ2v) is 7.06. The Bertz CT molecular complexity index is 997. The van der Waals surface area contributed by atoms with Crippen LogP contribution in [-0.2, 0) is 0 Å². The number of hydrogen-bond donors (Lipinski definition) is 1. The topological polar surface area (TPSA) is 68.5 Å². The maximum Gasteiger partial charge on any atom is 0.271 e. The molecule has 0 spiro atoms. The van der Waals surface area contributed by atoms with E-state index in [0.717, 1.165) is 26.3 Å². The van der Waals surface area contributed by atoms with Crippen LogP contribution < -0.4 is 10.2 Å². The van der Waals surface area contributed by atoms with E-state index < -0.39 is 0 Å². The number of aryl methyl sites for hydroxylation is 1. The molecule has 0 bridgehead atoms. The van der Waals surface area contributed by atoms with Crippen LogP contribution in [0.25, 0.3) is 5.82 Å². The van der Waals surface area contributed by atoms with Gasteiger partial charge in [-0.2, -0.15) is 5.10 Å². The van der Waals surface area contributed by atoms with E-state index in [1.54, 1.807) is 31.7 Å². The van der Waals surface area contributed by atoms with E-state index in [9.17, 15) is 4.79 Å². The van der Waals surface area contributed by atoms with Crippen molar-refractivity contribution in [1.29, 1.82) is 0 Å². The maximum atomic E-state index is 12.3. The first-order chi connectivity index (χ1) is 13.0. The molecule has 1 amide bonds. The lowest BCUT2D eigenvalue weighted by Gasteiger charge is -2.07. The van der Waals surface area contributed by atoms with Gasteiger partial charge in [0.2, 0.25) is 0 Å². The van der Waals surface area contributed by atoms with E-state index >= 15 is 0 Å². The van der Waals surface area contributed by atoms with Gasteiger partial charge in [-0.3, -0.25) is 4.79 Å². The van der Waals surface area contributed by atoms with Gasteiger partial charge in [-0.05, 0) is 72.8 Å². The Morgan fingerprint density at radius 3 is 2.78 bits per heavy atom. The predicted molar refractivity (Wildman–Crippen MR) is 114 cm³/mol. The minimum atomic E-state index is -0.292. The number of halogens is 1. The normalized spacial score (nSPS) is 11.0. The average molecular weight is 474 g/mol. The highest BCUT2D eigenvalue weighted by atomic mass is 127. The number of carbonyl (C=O) groups is 1. The van der Waals surface area contributed by atoms with E-state index in [4.69, 9.17) is 4.74 Å². The molecule has 7 heteroatoms. The number of methoxy groups -OCH3 is 1. The lowest BCUT2D eigenvalue weighted by atomic mass is 10.2. The van der Waals surface area contributed by atoms with Crippen LogP contribution in [0.2, 0.25) is 0 Å². The highest BCUT2D eigenvalue weighted by molar-refractivity contribution is 14.1. The van der Waals surface area contributed by atoms with E-state index in [-0.39, 0.29) is 5.91 Å². The molecule has 27 heavy (non-hydrogen) atoms. The Hall–Kier alpha value is -2.68. The Kier molecular flexibility index (Phi) is 5.90. The standard InChI is InChI=1S/C20H19IN4O2/c1-13-10-16(14(2)25(13)19-6-4-5-9-22-19)12-23-24-20(26)15-7-8-17(21)18(11-15)27-3/h4-12H,1-3H3,(H,24,26)/b23-12+. The SMILES string of the molecule is COc1cc(C(=O)N/N=C/c2cc(C)n(-c3ccccn3)c2C)ccc1I. The summed E-state index contributed by atoms with van der Waals surface area (Å²) in [6.07, 6.45) is 3.40. The molecule has 0 aliphatic carbocycles. The summed E-state index contributed by atoms with van der Waals surface area (Å²) in [5, 5.41) is 4.10. The molecular formula is C20H19IN4O2. The zero-order valence-electron chi connectivity index (χ0n) is 15.2. The minimum Gasteiger partial charge on any atom is -0.496 e. The highest BCUT2D eigenvalue weighted by Gasteiger charge is 2.11. The third-order valence-electron chi connectivity index (χ3n) is 4.13. The van der Waals surface area contributed by atoms with Crippen molar-refractivity contribution in [2.45, 2.75) is 13.8 Å². The molecule has 0 aliphatic heterocycles. The lowest BCUT2D eigenvalue weighted by molar-refractivity contribution is 0.0954. The summed E-state index contributed by atoms with van der Waals surface area (Å²) < 4.78 is 8.24. The number of aromatic nitrogens is 2. The first-order valence-corrected chi connectivity index (χ1v) is 9.36. The van der Waals surface area contributed by atoms with Gasteiger partial charge in [0.15, 0.2) is 0 Å². The third-order valence-corrected chi connectivity index (χ3v) is 5.02. The van der Waals surface area contributed by atoms with E-state index in [2.05, 4.69) is 38.1 Å². The van der Waals surface area contributed by atoms with Crippen LogP contribution in [0.5, 0.6) is 5.75 Å². The van der Waals surface area contributed by atoms with Crippen LogP contribution >= 0.6 is 22.6 Å². The van der Waals surface area contributed by atoms with Gasteiger partial charge in [0.1, 0.15) is 11.6 Å². The fourth-order valence-electron chi connectivity index (χ4n) is 2.78. The molecule has 0 aliphatic rings. The lowest BCUT2D eigenvalue weighted by Crippen LogP contribution is -2.17. The van der Waals surface area contributed by atoms with Crippen molar-refractivity contribution in [2.24, 2.45) is 5.10 Å². The third kappa shape index (κ3) is 4.19. The predicted octanol–water partition coefficient (Wildman–Crippen LogP) is 3.87. The zero-order valence-corrected chi connectivity index (χ0v) is 17.4. The molecule has 6 nitrogen and oxygen atoms in total. The van der Waals surface area contributed by atoms with Gasteiger partial charge in [-0.15, -0.1) is 0 Å². The number of hydrazone groups is 1. The number of nitrogens with zero attached hydrogens (tertiary/aromatic N) is 3. The Morgan fingerprint density at radius 2 is 2.07 bits per heavy atom. The molecule has 0 fully saturated rings. The van der Waals surface area contributed by atoms with Crippen molar-refractivity contribution >= 4 is 34.7 Å². The van der Waals surface area contributed by atoms with Crippen LogP contribution in [0.15, 0.2) is 53.8 Å². The first-order valence-electron chi connectivity index (χ1n) is 8.28. The van der Waals surface area contributed by atoms with Crippen molar-refractivity contribution in [3.8, 4) is 11.6 Å². The summed E-state index contributed by atoms with van der Waals surface area (Å²) in [6, 6.07) is 13.1. The Labute approximate surface area is 171 Å². The second-order valence-electron chi connectivity index (χ2n) is 5.90. The summed E-state index contributed by atoms with van der Waals surface area (Å²) in [4.78, 5) is 16.7. The van der Waals surface area contributed by atoms with Crippen LogP contribution in [0, 0.1) is 17.4 Å². The first kappa shape index (κ1) is 19.1.